The van der Waals surface area contributed by atoms with Crippen molar-refractivity contribution >= 4 is 39.1 Å². The third kappa shape index (κ3) is 5.28. The van der Waals surface area contributed by atoms with Crippen molar-refractivity contribution in [3.05, 3.63) is 58.9 Å². The first kappa shape index (κ1) is 22.0. The molecule has 160 valence electrons. The zero-order valence-corrected chi connectivity index (χ0v) is 17.8. The summed E-state index contributed by atoms with van der Waals surface area (Å²) >= 11 is 6.09. The largest absolute Gasteiger partial charge is 0.353 e. The van der Waals surface area contributed by atoms with E-state index in [9.17, 15) is 22.4 Å². The van der Waals surface area contributed by atoms with Crippen molar-refractivity contribution in [3.8, 4) is 0 Å². The van der Waals surface area contributed by atoms with Gasteiger partial charge in [0.05, 0.1) is 5.02 Å². The molecule has 0 saturated carbocycles. The van der Waals surface area contributed by atoms with Gasteiger partial charge in [-0.15, -0.1) is 0 Å². The number of carbonyl (C=O) groups is 2. The van der Waals surface area contributed by atoms with Crippen LogP contribution in [0.25, 0.3) is 0 Å². The number of benzene rings is 2. The van der Waals surface area contributed by atoms with Crippen molar-refractivity contribution in [2.24, 2.45) is 0 Å². The number of nitrogens with zero attached hydrogens (tertiary/aromatic N) is 1. The van der Waals surface area contributed by atoms with Crippen LogP contribution < -0.4 is 10.0 Å². The molecule has 10 heteroatoms. The van der Waals surface area contributed by atoms with Gasteiger partial charge in [0.1, 0.15) is 10.7 Å². The zero-order valence-electron chi connectivity index (χ0n) is 16.2. The van der Waals surface area contributed by atoms with Gasteiger partial charge in [0.2, 0.25) is 5.91 Å². The third-order valence-corrected chi connectivity index (χ3v) is 6.62. The first-order chi connectivity index (χ1) is 14.2. The molecule has 0 bridgehead atoms. The smallest absolute Gasteiger partial charge is 0.263 e. The summed E-state index contributed by atoms with van der Waals surface area (Å²) in [5.41, 5.74) is 0.362. The van der Waals surface area contributed by atoms with Gasteiger partial charge in [-0.25, -0.2) is 12.8 Å². The molecule has 0 spiro atoms. The molecular formula is C20H21ClFN3O4S. The Labute approximate surface area is 179 Å². The number of piperidine rings is 1. The van der Waals surface area contributed by atoms with Crippen LogP contribution in [0.1, 0.15) is 30.1 Å². The molecule has 7 nitrogen and oxygen atoms in total. The molecule has 0 radical (unpaired) electrons. The number of hydrogen-bond acceptors (Lipinski definition) is 4. The minimum atomic E-state index is -4.09. The molecule has 0 unspecified atom stereocenters. The van der Waals surface area contributed by atoms with Gasteiger partial charge >= 0.3 is 0 Å². The highest BCUT2D eigenvalue weighted by molar-refractivity contribution is 7.92. The number of rotatable bonds is 5. The zero-order chi connectivity index (χ0) is 21.9. The van der Waals surface area contributed by atoms with Crippen molar-refractivity contribution < 1.29 is 22.4 Å². The van der Waals surface area contributed by atoms with Crippen LogP contribution in [0.5, 0.6) is 0 Å². The maximum Gasteiger partial charge on any atom is 0.263 e. The van der Waals surface area contributed by atoms with E-state index in [2.05, 4.69) is 10.0 Å². The minimum absolute atomic E-state index is 0.0209. The predicted molar refractivity (Wildman–Crippen MR) is 111 cm³/mol. The summed E-state index contributed by atoms with van der Waals surface area (Å²) in [4.78, 5) is 25.4. The topological polar surface area (TPSA) is 95.6 Å². The van der Waals surface area contributed by atoms with Crippen molar-refractivity contribution in [1.29, 1.82) is 0 Å². The SMILES string of the molecule is CC(=O)NC1CCN(C(=O)c2ccc(Cl)c(S(=O)(=O)Nc3ccc(F)cc3)c2)CC1. The fraction of sp³-hybridized carbons (Fsp3) is 0.300. The lowest BCUT2D eigenvalue weighted by atomic mass is 10.0. The highest BCUT2D eigenvalue weighted by atomic mass is 35.5. The van der Waals surface area contributed by atoms with Crippen LogP contribution in [0.4, 0.5) is 10.1 Å². The Morgan fingerprint density at radius 2 is 1.73 bits per heavy atom. The van der Waals surface area contributed by atoms with Crippen molar-refractivity contribution in [1.82, 2.24) is 10.2 Å². The molecule has 2 aromatic rings. The molecule has 1 heterocycles. The molecule has 0 aliphatic carbocycles. The predicted octanol–water partition coefficient (Wildman–Crippen LogP) is 3.02. The van der Waals surface area contributed by atoms with Crippen LogP contribution in [-0.2, 0) is 14.8 Å². The first-order valence-electron chi connectivity index (χ1n) is 9.30. The monoisotopic (exact) mass is 453 g/mol. The maximum absolute atomic E-state index is 13.1. The Kier molecular flexibility index (Phi) is 6.62. The number of sulfonamides is 1. The quantitative estimate of drug-likeness (QED) is 0.727. The van der Waals surface area contributed by atoms with Crippen LogP contribution in [0.15, 0.2) is 47.4 Å². The number of amides is 2. The van der Waals surface area contributed by atoms with Crippen LogP contribution in [0.2, 0.25) is 5.02 Å². The van der Waals surface area contributed by atoms with E-state index in [1.165, 1.54) is 37.3 Å². The molecule has 2 N–H and O–H groups in total. The Morgan fingerprint density at radius 1 is 1.10 bits per heavy atom. The van der Waals surface area contributed by atoms with E-state index in [1.54, 1.807) is 4.90 Å². The number of nitrogens with one attached hydrogen (secondary N) is 2. The van der Waals surface area contributed by atoms with Crippen LogP contribution >= 0.6 is 11.6 Å². The number of halogens is 2. The van der Waals surface area contributed by atoms with E-state index in [0.29, 0.717) is 25.9 Å². The molecule has 2 amide bonds. The molecule has 1 fully saturated rings. The van der Waals surface area contributed by atoms with Gasteiger partial charge in [0, 0.05) is 37.3 Å². The van der Waals surface area contributed by atoms with Gasteiger partial charge in [0.15, 0.2) is 0 Å². The van der Waals surface area contributed by atoms with Gasteiger partial charge in [0.25, 0.3) is 15.9 Å². The van der Waals surface area contributed by atoms with Crippen LogP contribution in [0.3, 0.4) is 0 Å². The Morgan fingerprint density at radius 3 is 2.33 bits per heavy atom. The molecule has 3 rings (SSSR count). The van der Waals surface area contributed by atoms with E-state index in [4.69, 9.17) is 11.6 Å². The number of likely N-dealkylation sites (tertiary alicyclic amines) is 1. The van der Waals surface area contributed by atoms with Gasteiger partial charge in [-0.1, -0.05) is 11.6 Å². The van der Waals surface area contributed by atoms with Gasteiger partial charge in [-0.05, 0) is 55.3 Å². The van der Waals surface area contributed by atoms with Gasteiger partial charge in [-0.2, -0.15) is 0 Å². The normalized spacial score (nSPS) is 15.0. The second kappa shape index (κ2) is 9.01. The van der Waals surface area contributed by atoms with E-state index >= 15 is 0 Å². The second-order valence-corrected chi connectivity index (χ2v) is 9.08. The van der Waals surface area contributed by atoms with E-state index in [-0.39, 0.29) is 39.0 Å². The fourth-order valence-corrected chi connectivity index (χ4v) is 4.85. The summed E-state index contributed by atoms with van der Waals surface area (Å²) in [7, 11) is -4.09. The molecule has 0 aromatic heterocycles. The Hall–Kier alpha value is -2.65. The highest BCUT2D eigenvalue weighted by Gasteiger charge is 2.26. The van der Waals surface area contributed by atoms with Gasteiger partial charge in [-0.3, -0.25) is 14.3 Å². The molecule has 2 aromatic carbocycles. The molecule has 1 aliphatic rings. The van der Waals surface area contributed by atoms with Crippen molar-refractivity contribution in [2.75, 3.05) is 17.8 Å². The summed E-state index contributed by atoms with van der Waals surface area (Å²) in [5, 5.41) is 2.80. The second-order valence-electron chi connectivity index (χ2n) is 7.02. The summed E-state index contributed by atoms with van der Waals surface area (Å²) in [5.74, 6) is -0.919. The number of anilines is 1. The summed E-state index contributed by atoms with van der Waals surface area (Å²) < 4.78 is 40.9. The van der Waals surface area contributed by atoms with E-state index in [1.807, 2.05) is 0 Å². The summed E-state index contributed by atoms with van der Waals surface area (Å²) in [6.45, 7) is 2.35. The average molecular weight is 454 g/mol. The average Bonchev–Trinajstić information content (AvgIpc) is 2.69. The molecule has 30 heavy (non-hydrogen) atoms. The number of hydrogen-bond donors (Lipinski definition) is 2. The molecule has 1 saturated heterocycles. The molecular weight excluding hydrogens is 433 g/mol. The van der Waals surface area contributed by atoms with Crippen LogP contribution in [-0.4, -0.2) is 44.3 Å². The third-order valence-electron chi connectivity index (χ3n) is 4.75. The lowest BCUT2D eigenvalue weighted by Gasteiger charge is -2.32. The molecule has 0 atom stereocenters. The Balaban J connectivity index is 1.77. The minimum Gasteiger partial charge on any atom is -0.353 e. The van der Waals surface area contributed by atoms with E-state index in [0.717, 1.165) is 12.1 Å². The fourth-order valence-electron chi connectivity index (χ4n) is 3.27. The lowest BCUT2D eigenvalue weighted by molar-refractivity contribution is -0.119. The van der Waals surface area contributed by atoms with Crippen molar-refractivity contribution in [2.45, 2.75) is 30.7 Å². The van der Waals surface area contributed by atoms with E-state index < -0.39 is 15.8 Å². The van der Waals surface area contributed by atoms with Crippen LogP contribution in [0, 0.1) is 5.82 Å². The standard InChI is InChI=1S/C20H21ClFN3O4S/c1-13(26)23-16-8-10-25(11-9-16)20(27)14-2-7-18(21)19(12-14)30(28,29)24-17-5-3-15(22)4-6-17/h2-7,12,16,24H,8-11H2,1H3,(H,23,26). The summed E-state index contributed by atoms with van der Waals surface area (Å²) in [6, 6.07) is 8.92. The first-order valence-corrected chi connectivity index (χ1v) is 11.2. The van der Waals surface area contributed by atoms with Crippen molar-refractivity contribution in [3.63, 3.8) is 0 Å². The number of carbonyl (C=O) groups excluding carboxylic acids is 2. The lowest BCUT2D eigenvalue weighted by Crippen LogP contribution is -2.46. The van der Waals surface area contributed by atoms with Gasteiger partial charge < -0.3 is 10.2 Å². The highest BCUT2D eigenvalue weighted by Crippen LogP contribution is 2.26. The summed E-state index contributed by atoms with van der Waals surface area (Å²) in [6.07, 6.45) is 1.24. The maximum atomic E-state index is 13.1. The Bertz CT molecular complexity index is 1050. The molecule has 1 aliphatic heterocycles.